The van der Waals surface area contributed by atoms with Gasteiger partial charge in [-0.15, -0.1) is 0 Å². The normalized spacial score (nSPS) is 29.9. The van der Waals surface area contributed by atoms with Crippen molar-refractivity contribution in [3.8, 4) is 16.9 Å². The molecule has 1 amide bonds. The number of benzene rings is 2. The summed E-state index contributed by atoms with van der Waals surface area (Å²) in [6.45, 7) is 9.14. The number of nitroso groups, excluding NO2 is 1. The maximum Gasteiger partial charge on any atom is 0.240 e. The highest BCUT2D eigenvalue weighted by atomic mass is 16.7. The topological polar surface area (TPSA) is 130 Å². The molecular formula is C34H49N5O5. The summed E-state index contributed by atoms with van der Waals surface area (Å²) in [5.41, 5.74) is 10.7. The summed E-state index contributed by atoms with van der Waals surface area (Å²) < 4.78 is 5.98. The van der Waals surface area contributed by atoms with Gasteiger partial charge in [-0.2, -0.15) is 9.97 Å². The Labute approximate surface area is 261 Å². The van der Waals surface area contributed by atoms with Crippen LogP contribution in [0, 0.1) is 34.0 Å². The summed E-state index contributed by atoms with van der Waals surface area (Å²) in [6, 6.07) is 11.2. The number of para-hydroxylation sites is 1. The van der Waals surface area contributed by atoms with Crippen LogP contribution in [0.3, 0.4) is 0 Å². The number of carbonyl (C=O) groups excluding carboxylic acids is 1. The third kappa shape index (κ3) is 5.85. The van der Waals surface area contributed by atoms with E-state index in [1.165, 1.54) is 6.42 Å². The van der Waals surface area contributed by atoms with Crippen molar-refractivity contribution in [2.45, 2.75) is 77.9 Å². The van der Waals surface area contributed by atoms with Crippen molar-refractivity contribution in [3.05, 3.63) is 52.4 Å². The molecule has 0 radical (unpaired) electrons. The lowest BCUT2D eigenvalue weighted by molar-refractivity contribution is -0.175. The highest BCUT2D eigenvalue weighted by Gasteiger charge is 2.57. The zero-order valence-corrected chi connectivity index (χ0v) is 27.1. The van der Waals surface area contributed by atoms with Gasteiger partial charge < -0.3 is 25.8 Å². The molecule has 240 valence electrons. The molecule has 1 saturated heterocycles. The second-order valence-corrected chi connectivity index (χ2v) is 13.9. The minimum atomic E-state index is -0.799. The van der Waals surface area contributed by atoms with Crippen molar-refractivity contribution in [1.29, 1.82) is 0 Å². The van der Waals surface area contributed by atoms with Crippen molar-refractivity contribution >= 4 is 11.6 Å². The molecule has 10 nitrogen and oxygen atoms in total. The second-order valence-electron chi connectivity index (χ2n) is 13.9. The van der Waals surface area contributed by atoms with Crippen molar-refractivity contribution < 1.29 is 19.5 Å². The van der Waals surface area contributed by atoms with Crippen molar-refractivity contribution in [3.63, 3.8) is 0 Å². The summed E-state index contributed by atoms with van der Waals surface area (Å²) >= 11 is 0. The number of hydroxylamine groups is 2. The molecule has 0 spiro atoms. The number of anilines is 1. The Balaban J connectivity index is 1.45. The number of nitrogens with two attached hydrogens (primary N) is 1. The first-order chi connectivity index (χ1) is 20.9. The van der Waals surface area contributed by atoms with Crippen LogP contribution in [0.5, 0.6) is 5.75 Å². The molecule has 8 atom stereocenters. The van der Waals surface area contributed by atoms with E-state index in [4.69, 9.17) is 15.3 Å². The van der Waals surface area contributed by atoms with Gasteiger partial charge in [-0.05, 0) is 72.3 Å². The number of carbonyl (C=O) groups is 1. The number of hydrogen-bond donors (Lipinski definition) is 3. The molecule has 2 aromatic rings. The molecule has 6 rings (SSSR count). The number of ether oxygens (including phenoxy) is 1. The number of methoxy groups -OCH3 is 1. The zero-order valence-electron chi connectivity index (χ0n) is 27.1. The summed E-state index contributed by atoms with van der Waals surface area (Å²) in [5, 5.41) is 19.0. The number of rotatable bonds is 11. The number of fused-ring (bicyclic) bond motifs is 2. The van der Waals surface area contributed by atoms with Crippen LogP contribution in [0.15, 0.2) is 41.6 Å². The van der Waals surface area contributed by atoms with Crippen LogP contribution < -0.4 is 20.7 Å². The first kappa shape index (κ1) is 32.3. The van der Waals surface area contributed by atoms with Crippen LogP contribution >= 0.6 is 0 Å². The van der Waals surface area contributed by atoms with Gasteiger partial charge in [-0.3, -0.25) is 9.63 Å². The molecule has 1 aliphatic heterocycles. The molecule has 44 heavy (non-hydrogen) atoms. The van der Waals surface area contributed by atoms with Gasteiger partial charge in [0.05, 0.1) is 25.9 Å². The van der Waals surface area contributed by atoms with Crippen molar-refractivity contribution in [2.75, 3.05) is 32.6 Å². The average Bonchev–Trinajstić information content (AvgIpc) is 3.36. The SMILES string of the molecule is COc1c(CN2O[C@@H](CN)[C@@H]([C@H](C)O)[C@H]2C(=O)N[C@H]2C[C@H]3C[C@@H]([C@@H]2C)C3(C)C)cccc1-c1cc(CN=O)cc(N(C)C)c1. The number of aliphatic hydroxyl groups excluding tert-OH is 1. The Hall–Kier alpha value is -3.05. The fourth-order valence-corrected chi connectivity index (χ4v) is 8.13. The van der Waals surface area contributed by atoms with Crippen molar-refractivity contribution in [2.24, 2.45) is 40.0 Å². The molecule has 4 N–H and O–H groups in total. The summed E-state index contributed by atoms with van der Waals surface area (Å²) in [5.74, 6) is 1.59. The standard InChI is InChI=1S/C34H49N5O5/c1-19-27-14-24(34(27,3)4)15-28(19)37-33(41)31-30(20(2)40)29(16-35)44-39(31)18-22-9-8-10-26(32(22)43-7)23-11-21(17-36-42)12-25(13-23)38(5)6/h8-13,19-20,24,27-31,40H,14-18,35H2,1-7H3,(H,37,41)/t19-,20-,24+,27-,28-,29-,30+,31-/m0/s1. The van der Waals surface area contributed by atoms with Gasteiger partial charge in [0, 0.05) is 49.4 Å². The predicted molar refractivity (Wildman–Crippen MR) is 172 cm³/mol. The van der Waals surface area contributed by atoms with Crippen LogP contribution in [0.2, 0.25) is 0 Å². The minimum absolute atomic E-state index is 0.0644. The van der Waals surface area contributed by atoms with Crippen LogP contribution in [-0.4, -0.2) is 68.1 Å². The Bertz CT molecular complexity index is 1360. The van der Waals surface area contributed by atoms with Crippen LogP contribution in [0.1, 0.15) is 51.7 Å². The van der Waals surface area contributed by atoms with E-state index in [0.717, 1.165) is 34.4 Å². The Morgan fingerprint density at radius 3 is 2.61 bits per heavy atom. The fourth-order valence-electron chi connectivity index (χ4n) is 8.13. The molecule has 4 aliphatic rings. The van der Waals surface area contributed by atoms with E-state index < -0.39 is 24.2 Å². The van der Waals surface area contributed by atoms with Crippen LogP contribution in [-0.2, 0) is 22.7 Å². The van der Waals surface area contributed by atoms with Gasteiger partial charge in [0.15, 0.2) is 0 Å². The summed E-state index contributed by atoms with van der Waals surface area (Å²) in [7, 11) is 5.52. The summed E-state index contributed by atoms with van der Waals surface area (Å²) in [6.07, 6.45) is 0.886. The fraction of sp³-hybridized carbons (Fsp3) is 0.618. The zero-order chi connectivity index (χ0) is 31.9. The van der Waals surface area contributed by atoms with E-state index in [2.05, 4.69) is 31.3 Å². The Morgan fingerprint density at radius 1 is 1.27 bits per heavy atom. The monoisotopic (exact) mass is 607 g/mol. The molecule has 2 bridgehead atoms. The molecule has 1 heterocycles. The average molecular weight is 608 g/mol. The van der Waals surface area contributed by atoms with Crippen LogP contribution in [0.4, 0.5) is 5.69 Å². The van der Waals surface area contributed by atoms with E-state index in [1.54, 1.807) is 19.1 Å². The second kappa shape index (κ2) is 12.7. The molecule has 2 aromatic carbocycles. The molecule has 0 unspecified atom stereocenters. The third-order valence-corrected chi connectivity index (χ3v) is 10.8. The highest BCUT2D eigenvalue weighted by molar-refractivity contribution is 5.83. The van der Waals surface area contributed by atoms with E-state index in [-0.39, 0.29) is 31.6 Å². The van der Waals surface area contributed by atoms with E-state index in [9.17, 15) is 14.8 Å². The number of aliphatic hydroxyl groups is 1. The maximum atomic E-state index is 14.1. The number of hydrogen-bond acceptors (Lipinski definition) is 9. The molecule has 10 heteroatoms. The first-order valence-electron chi connectivity index (χ1n) is 15.8. The van der Waals surface area contributed by atoms with Gasteiger partial charge in [-0.1, -0.05) is 44.1 Å². The quantitative estimate of drug-likeness (QED) is 0.322. The number of amides is 1. The molecule has 3 aliphatic carbocycles. The largest absolute Gasteiger partial charge is 0.496 e. The van der Waals surface area contributed by atoms with Gasteiger partial charge >= 0.3 is 0 Å². The van der Waals surface area contributed by atoms with E-state index in [1.807, 2.05) is 55.4 Å². The van der Waals surface area contributed by atoms with Gasteiger partial charge in [0.25, 0.3) is 0 Å². The van der Waals surface area contributed by atoms with Gasteiger partial charge in [0.1, 0.15) is 18.3 Å². The molecule has 0 aromatic heterocycles. The Morgan fingerprint density at radius 2 is 2.02 bits per heavy atom. The lowest BCUT2D eigenvalue weighted by Gasteiger charge is -2.62. The first-order valence-corrected chi connectivity index (χ1v) is 15.8. The lowest BCUT2D eigenvalue weighted by atomic mass is 9.45. The molecular weight excluding hydrogens is 558 g/mol. The molecule has 4 fully saturated rings. The van der Waals surface area contributed by atoms with Gasteiger partial charge in [-0.25, -0.2) is 0 Å². The van der Waals surface area contributed by atoms with Crippen molar-refractivity contribution in [1.82, 2.24) is 10.4 Å². The predicted octanol–water partition coefficient (Wildman–Crippen LogP) is 4.32. The lowest BCUT2D eigenvalue weighted by Crippen LogP contribution is -2.62. The summed E-state index contributed by atoms with van der Waals surface area (Å²) in [4.78, 5) is 33.5. The number of nitrogens with one attached hydrogen (secondary N) is 1. The third-order valence-electron chi connectivity index (χ3n) is 10.8. The van der Waals surface area contributed by atoms with Gasteiger partial charge in [0.2, 0.25) is 5.91 Å². The highest BCUT2D eigenvalue weighted by Crippen LogP contribution is 2.61. The molecule has 3 saturated carbocycles. The Kier molecular flexibility index (Phi) is 9.37. The van der Waals surface area contributed by atoms with Crippen LogP contribution in [0.25, 0.3) is 11.1 Å². The van der Waals surface area contributed by atoms with E-state index >= 15 is 0 Å². The smallest absolute Gasteiger partial charge is 0.240 e. The minimum Gasteiger partial charge on any atom is -0.496 e. The van der Waals surface area contributed by atoms with E-state index in [0.29, 0.717) is 28.9 Å². The number of nitrogens with zero attached hydrogens (tertiary/aromatic N) is 3. The maximum absolute atomic E-state index is 14.1.